The van der Waals surface area contributed by atoms with Crippen LogP contribution in [0.3, 0.4) is 0 Å². The smallest absolute Gasteiger partial charge is 0.256 e. The molecule has 1 fully saturated rings. The molecule has 1 saturated heterocycles. The second-order valence-corrected chi connectivity index (χ2v) is 9.31. The Balaban J connectivity index is 1.58. The number of piperidine rings is 1. The van der Waals surface area contributed by atoms with Gasteiger partial charge in [0.05, 0.1) is 24.4 Å². The minimum Gasteiger partial charge on any atom is -0.329 e. The van der Waals surface area contributed by atoms with Crippen molar-refractivity contribution in [1.82, 2.24) is 29.0 Å². The Morgan fingerprint density at radius 3 is 2.75 bits per heavy atom. The zero-order valence-corrected chi connectivity index (χ0v) is 16.9. The Hall–Kier alpha value is -2.33. The fourth-order valence-electron chi connectivity index (χ4n) is 4.04. The monoisotopic (exact) mass is 404 g/mol. The van der Waals surface area contributed by atoms with Crippen molar-refractivity contribution in [2.24, 2.45) is 0 Å². The second-order valence-electron chi connectivity index (χ2n) is 7.37. The van der Waals surface area contributed by atoms with E-state index in [2.05, 4.69) is 15.2 Å². The van der Waals surface area contributed by atoms with Crippen LogP contribution in [0, 0.1) is 6.92 Å². The SMILES string of the molecule is Cc1ncccc1C(=O)N1CCn2c(nnc2C2CCCCN2S(C)(=O)=O)C1. The molecule has 4 heterocycles. The standard InChI is InChI=1S/C18H24N6O3S/c1-13-14(6-5-8-19-13)18(25)22-10-11-23-16(12-22)20-21-17(23)15-7-3-4-9-24(15)28(2,26)27/h5-6,8,15H,3-4,7,9-12H2,1-2H3. The zero-order valence-electron chi connectivity index (χ0n) is 16.1. The summed E-state index contributed by atoms with van der Waals surface area (Å²) in [5.41, 5.74) is 1.29. The van der Waals surface area contributed by atoms with Gasteiger partial charge in [0, 0.05) is 31.5 Å². The van der Waals surface area contributed by atoms with Crippen LogP contribution in [0.1, 0.15) is 53.0 Å². The minimum absolute atomic E-state index is 0.0724. The minimum atomic E-state index is -3.31. The van der Waals surface area contributed by atoms with Crippen molar-refractivity contribution in [2.45, 2.75) is 45.3 Å². The third-order valence-corrected chi connectivity index (χ3v) is 6.77. The van der Waals surface area contributed by atoms with Gasteiger partial charge in [0.1, 0.15) is 0 Å². The van der Waals surface area contributed by atoms with Crippen LogP contribution in [0.5, 0.6) is 0 Å². The number of aryl methyl sites for hydroxylation is 1. The van der Waals surface area contributed by atoms with Gasteiger partial charge in [-0.1, -0.05) is 6.42 Å². The molecule has 2 aromatic heterocycles. The highest BCUT2D eigenvalue weighted by Crippen LogP contribution is 2.33. The van der Waals surface area contributed by atoms with Crippen LogP contribution < -0.4 is 0 Å². The fraction of sp³-hybridized carbons (Fsp3) is 0.556. The summed E-state index contributed by atoms with van der Waals surface area (Å²) in [7, 11) is -3.31. The first-order valence-corrected chi connectivity index (χ1v) is 11.3. The van der Waals surface area contributed by atoms with Crippen molar-refractivity contribution in [3.8, 4) is 0 Å². The summed E-state index contributed by atoms with van der Waals surface area (Å²) >= 11 is 0. The molecule has 0 bridgehead atoms. The lowest BCUT2D eigenvalue weighted by atomic mass is 10.0. The van der Waals surface area contributed by atoms with Crippen molar-refractivity contribution in [3.63, 3.8) is 0 Å². The Morgan fingerprint density at radius 1 is 1.18 bits per heavy atom. The molecule has 0 radical (unpaired) electrons. The van der Waals surface area contributed by atoms with Gasteiger partial charge < -0.3 is 9.47 Å². The molecule has 150 valence electrons. The van der Waals surface area contributed by atoms with Crippen molar-refractivity contribution < 1.29 is 13.2 Å². The lowest BCUT2D eigenvalue weighted by Gasteiger charge is -2.34. The van der Waals surface area contributed by atoms with Crippen LogP contribution in [0.15, 0.2) is 18.3 Å². The summed E-state index contributed by atoms with van der Waals surface area (Å²) in [5, 5.41) is 8.60. The molecule has 1 atom stereocenters. The zero-order chi connectivity index (χ0) is 19.9. The molecule has 2 aromatic rings. The molecule has 0 saturated carbocycles. The lowest BCUT2D eigenvalue weighted by molar-refractivity contribution is 0.0703. The van der Waals surface area contributed by atoms with E-state index in [-0.39, 0.29) is 11.9 Å². The molecule has 10 heteroatoms. The number of amides is 1. The molecule has 0 N–H and O–H groups in total. The Bertz CT molecular complexity index is 1000. The highest BCUT2D eigenvalue weighted by Gasteiger charge is 2.36. The largest absolute Gasteiger partial charge is 0.329 e. The van der Waals surface area contributed by atoms with Crippen molar-refractivity contribution >= 4 is 15.9 Å². The number of fused-ring (bicyclic) bond motifs is 1. The summed E-state index contributed by atoms with van der Waals surface area (Å²) in [5.74, 6) is 1.30. The Morgan fingerprint density at radius 2 is 2.00 bits per heavy atom. The molecule has 28 heavy (non-hydrogen) atoms. The van der Waals surface area contributed by atoms with Crippen molar-refractivity contribution in [2.75, 3.05) is 19.3 Å². The summed E-state index contributed by atoms with van der Waals surface area (Å²) in [4.78, 5) is 18.8. The number of carbonyl (C=O) groups is 1. The van der Waals surface area contributed by atoms with Gasteiger partial charge in [-0.3, -0.25) is 9.78 Å². The number of hydrogen-bond acceptors (Lipinski definition) is 6. The maximum atomic E-state index is 12.9. The van der Waals surface area contributed by atoms with E-state index in [0.717, 1.165) is 19.3 Å². The van der Waals surface area contributed by atoms with E-state index in [9.17, 15) is 13.2 Å². The molecule has 2 aliphatic rings. The number of aromatic nitrogens is 4. The highest BCUT2D eigenvalue weighted by molar-refractivity contribution is 7.88. The van der Waals surface area contributed by atoms with Gasteiger partial charge in [-0.05, 0) is 31.9 Å². The van der Waals surface area contributed by atoms with E-state index in [0.29, 0.717) is 49.1 Å². The first-order valence-electron chi connectivity index (χ1n) is 9.46. The van der Waals surface area contributed by atoms with Crippen molar-refractivity contribution in [3.05, 3.63) is 41.2 Å². The predicted molar refractivity (Wildman–Crippen MR) is 102 cm³/mol. The van der Waals surface area contributed by atoms with Crippen LogP contribution in [0.2, 0.25) is 0 Å². The highest BCUT2D eigenvalue weighted by atomic mass is 32.2. The van der Waals surface area contributed by atoms with Gasteiger partial charge in [0.15, 0.2) is 11.6 Å². The molecular weight excluding hydrogens is 380 g/mol. The molecule has 0 aliphatic carbocycles. The topological polar surface area (TPSA) is 101 Å². The number of nitrogens with zero attached hydrogens (tertiary/aromatic N) is 6. The predicted octanol–water partition coefficient (Wildman–Crippen LogP) is 1.12. The summed E-state index contributed by atoms with van der Waals surface area (Å²) < 4.78 is 27.9. The normalized spacial score (nSPS) is 20.8. The van der Waals surface area contributed by atoms with Gasteiger partial charge >= 0.3 is 0 Å². The Kier molecular flexibility index (Phi) is 4.92. The maximum absolute atomic E-state index is 12.9. The molecule has 1 unspecified atom stereocenters. The van der Waals surface area contributed by atoms with Gasteiger partial charge in [0.25, 0.3) is 5.91 Å². The van der Waals surface area contributed by atoms with Crippen LogP contribution in [0.25, 0.3) is 0 Å². The second kappa shape index (κ2) is 7.25. The first kappa shape index (κ1) is 19.0. The van der Waals surface area contributed by atoms with E-state index in [1.165, 1.54) is 10.6 Å². The van der Waals surface area contributed by atoms with E-state index in [1.54, 1.807) is 23.2 Å². The van der Waals surface area contributed by atoms with Crippen LogP contribution in [-0.2, 0) is 23.1 Å². The van der Waals surface area contributed by atoms with E-state index in [4.69, 9.17) is 0 Å². The number of rotatable bonds is 3. The molecule has 0 aromatic carbocycles. The summed E-state index contributed by atoms with van der Waals surface area (Å²) in [6, 6.07) is 3.25. The van der Waals surface area contributed by atoms with E-state index < -0.39 is 10.0 Å². The van der Waals surface area contributed by atoms with E-state index in [1.807, 2.05) is 11.5 Å². The number of hydrogen-bond donors (Lipinski definition) is 0. The molecule has 2 aliphatic heterocycles. The van der Waals surface area contributed by atoms with Gasteiger partial charge in [0.2, 0.25) is 10.0 Å². The quantitative estimate of drug-likeness (QED) is 0.760. The average molecular weight is 404 g/mol. The van der Waals surface area contributed by atoms with Crippen molar-refractivity contribution in [1.29, 1.82) is 0 Å². The summed E-state index contributed by atoms with van der Waals surface area (Å²) in [6.07, 6.45) is 5.47. The molecule has 1 amide bonds. The number of sulfonamides is 1. The van der Waals surface area contributed by atoms with Gasteiger partial charge in [-0.2, -0.15) is 4.31 Å². The third kappa shape index (κ3) is 3.42. The fourth-order valence-corrected chi connectivity index (χ4v) is 5.16. The lowest BCUT2D eigenvalue weighted by Crippen LogP contribution is -2.42. The van der Waals surface area contributed by atoms with Gasteiger partial charge in [-0.15, -0.1) is 10.2 Å². The Labute approximate surface area is 164 Å². The maximum Gasteiger partial charge on any atom is 0.256 e. The third-order valence-electron chi connectivity index (χ3n) is 5.48. The molecule has 4 rings (SSSR count). The van der Waals surface area contributed by atoms with Crippen LogP contribution in [0.4, 0.5) is 0 Å². The number of pyridine rings is 1. The first-order chi connectivity index (χ1) is 13.4. The molecular formula is C18H24N6O3S. The average Bonchev–Trinajstić information content (AvgIpc) is 3.10. The van der Waals surface area contributed by atoms with Gasteiger partial charge in [-0.25, -0.2) is 8.42 Å². The van der Waals surface area contributed by atoms with Crippen LogP contribution >= 0.6 is 0 Å². The van der Waals surface area contributed by atoms with Crippen LogP contribution in [-0.4, -0.2) is 62.6 Å². The summed E-state index contributed by atoms with van der Waals surface area (Å²) in [6.45, 7) is 3.76. The van der Waals surface area contributed by atoms with E-state index >= 15 is 0 Å². The molecule has 9 nitrogen and oxygen atoms in total. The molecule has 0 spiro atoms. The number of carbonyl (C=O) groups excluding carboxylic acids is 1.